The van der Waals surface area contributed by atoms with Crippen LogP contribution < -0.4 is 5.19 Å². The van der Waals surface area contributed by atoms with Gasteiger partial charge < -0.3 is 59.5 Å². The molecule has 0 spiro atoms. The average molecular weight is 917 g/mol. The molecule has 1 aliphatic rings. The Balaban J connectivity index is 2.13. The lowest BCUT2D eigenvalue weighted by atomic mass is 10.1. The van der Waals surface area contributed by atoms with Gasteiger partial charge in [-0.15, -0.1) is 0 Å². The highest BCUT2D eigenvalue weighted by Crippen LogP contribution is 2.35. The lowest BCUT2D eigenvalue weighted by Crippen LogP contribution is -2.71. The Hall–Kier alpha value is -0.735. The Labute approximate surface area is 322 Å². The summed E-state index contributed by atoms with van der Waals surface area (Å²) in [5.74, 6) is -10.2. The third kappa shape index (κ3) is 11.5. The van der Waals surface area contributed by atoms with Crippen LogP contribution >= 0.6 is 0 Å². The van der Waals surface area contributed by atoms with Crippen LogP contribution in [0.2, 0.25) is 51.9 Å². The van der Waals surface area contributed by atoms with E-state index in [4.69, 9.17) is 59.5 Å². The first-order valence-corrected chi connectivity index (χ1v) is 33.7. The van der Waals surface area contributed by atoms with Gasteiger partial charge in [-0.25, -0.2) is 22.0 Å². The summed E-state index contributed by atoms with van der Waals surface area (Å²) >= 11 is 0. The van der Waals surface area contributed by atoms with Crippen molar-refractivity contribution >= 4 is 75.9 Å². The van der Waals surface area contributed by atoms with Gasteiger partial charge in [0.1, 0.15) is 0 Å². The summed E-state index contributed by atoms with van der Waals surface area (Å²) in [6.45, 7) is 11.7. The van der Waals surface area contributed by atoms with Crippen LogP contribution in [0.3, 0.4) is 0 Å². The van der Waals surface area contributed by atoms with Crippen LogP contribution in [0.15, 0.2) is 30.3 Å². The third-order valence-corrected chi connectivity index (χ3v) is 36.5. The van der Waals surface area contributed by atoms with Crippen molar-refractivity contribution in [2.45, 2.75) is 58.3 Å². The minimum atomic E-state index is -4.54. The Morgan fingerprint density at radius 3 is 1.54 bits per heavy atom. The SMILES string of the molecule is CO[Si]1(C)O[SiH](O[Si](C)(C)c2ccccc2)O[Si](OC)(OC)O[Si](OC)(OC)O[Si](C)(O[Si](C)(C)CCc2c(F)c(F)c(F)c(F)c2F)O[Si](C)(OC)O1. The third-order valence-electron chi connectivity index (χ3n) is 8.19. The van der Waals surface area contributed by atoms with E-state index in [-0.39, 0.29) is 6.04 Å². The quantitative estimate of drug-likeness (QED) is 0.114. The smallest absolute Gasteiger partial charge is 0.417 e. The van der Waals surface area contributed by atoms with Gasteiger partial charge in [0.25, 0.3) is 0 Å². The van der Waals surface area contributed by atoms with Gasteiger partial charge in [0.2, 0.25) is 14.1 Å². The summed E-state index contributed by atoms with van der Waals surface area (Å²) in [4.78, 5) is 0. The van der Waals surface area contributed by atoms with Crippen LogP contribution in [-0.4, -0.2) is 113 Å². The molecule has 3 rings (SSSR count). The maximum absolute atomic E-state index is 14.6. The number of hydrogen-bond acceptors (Lipinski definition) is 14. The molecular weight excluding hydrogens is 868 g/mol. The number of rotatable bonds is 14. The molecule has 1 aliphatic heterocycles. The lowest BCUT2D eigenvalue weighted by Gasteiger charge is -2.45. The minimum Gasteiger partial charge on any atom is -0.417 e. The molecule has 308 valence electrons. The molecule has 0 saturated carbocycles. The van der Waals surface area contributed by atoms with Gasteiger partial charge in [-0.1, -0.05) is 30.3 Å². The molecule has 27 heteroatoms. The topological polar surface area (TPSA) is 129 Å². The van der Waals surface area contributed by atoms with E-state index >= 15 is 0 Å². The van der Waals surface area contributed by atoms with Crippen LogP contribution in [0.4, 0.5) is 22.0 Å². The molecule has 0 radical (unpaired) electrons. The predicted octanol–water partition coefficient (Wildman–Crippen LogP) is 4.56. The molecule has 2 aromatic carbocycles. The molecule has 14 nitrogen and oxygen atoms in total. The van der Waals surface area contributed by atoms with Crippen LogP contribution in [0, 0.1) is 29.1 Å². The van der Waals surface area contributed by atoms with Crippen molar-refractivity contribution in [3.8, 4) is 0 Å². The fourth-order valence-electron chi connectivity index (χ4n) is 5.25. The molecule has 0 N–H and O–H groups in total. The van der Waals surface area contributed by atoms with Crippen molar-refractivity contribution in [3.05, 3.63) is 65.0 Å². The highest BCUT2D eigenvalue weighted by Gasteiger charge is 2.66. The van der Waals surface area contributed by atoms with Crippen molar-refractivity contribution in [1.82, 2.24) is 0 Å². The standard InChI is InChI=1S/C27H49F5O14Si8/c1-33-50(11)40-47(39-49(9,10)21-17-15-14-16-18-21)41-53(35-3,36-4)46-54(37-5,38-6)45-52(13,44-51(12,34-2)43-50)42-48(7,8)20-19-22-23(28)25(30)27(32)26(31)24(22)29/h14-18,47H,19-20H2,1-13H3. The molecule has 0 aliphatic carbocycles. The van der Waals surface area contributed by atoms with E-state index in [9.17, 15) is 22.0 Å². The molecule has 1 saturated heterocycles. The first kappa shape index (κ1) is 47.6. The van der Waals surface area contributed by atoms with Crippen LogP contribution in [-0.2, 0) is 65.9 Å². The maximum atomic E-state index is 14.6. The van der Waals surface area contributed by atoms with Crippen molar-refractivity contribution < 1.29 is 81.4 Å². The Kier molecular flexibility index (Phi) is 16.3. The molecule has 0 amide bonds. The Morgan fingerprint density at radius 1 is 0.574 bits per heavy atom. The molecule has 0 aromatic heterocycles. The number of benzene rings is 2. The first-order chi connectivity index (χ1) is 24.9. The fraction of sp³-hybridized carbons (Fsp3) is 0.556. The molecule has 1 fully saturated rings. The Morgan fingerprint density at radius 2 is 1.06 bits per heavy atom. The zero-order valence-corrected chi connectivity index (χ0v) is 40.6. The summed E-state index contributed by atoms with van der Waals surface area (Å²) in [6, 6.07) is 9.34. The van der Waals surface area contributed by atoms with Gasteiger partial charge in [-0.2, -0.15) is 0 Å². The van der Waals surface area contributed by atoms with E-state index in [1.54, 1.807) is 19.6 Å². The van der Waals surface area contributed by atoms with Crippen LogP contribution in [0.1, 0.15) is 5.56 Å². The highest BCUT2D eigenvalue weighted by atomic mass is 28.6. The van der Waals surface area contributed by atoms with Crippen molar-refractivity contribution in [3.63, 3.8) is 0 Å². The van der Waals surface area contributed by atoms with Crippen LogP contribution in [0.5, 0.6) is 0 Å². The molecule has 2 aromatic rings. The molecule has 4 atom stereocenters. The second-order valence-corrected chi connectivity index (χ2v) is 37.9. The van der Waals surface area contributed by atoms with E-state index in [1.807, 2.05) is 43.4 Å². The van der Waals surface area contributed by atoms with Gasteiger partial charge >= 0.3 is 54.0 Å². The van der Waals surface area contributed by atoms with E-state index in [1.165, 1.54) is 55.8 Å². The van der Waals surface area contributed by atoms with E-state index in [0.29, 0.717) is 0 Å². The summed E-state index contributed by atoms with van der Waals surface area (Å²) in [5, 5.41) is 0.923. The van der Waals surface area contributed by atoms with E-state index < -0.39 is 112 Å². The van der Waals surface area contributed by atoms with Gasteiger partial charge in [0.15, 0.2) is 31.6 Å². The largest absolute Gasteiger partial charge is 0.665 e. The first-order valence-electron chi connectivity index (χ1n) is 16.3. The maximum Gasteiger partial charge on any atom is 0.665 e. The zero-order valence-electron chi connectivity index (χ0n) is 32.5. The molecular formula is C27H49F5O14Si8. The summed E-state index contributed by atoms with van der Waals surface area (Å²) in [5.41, 5.74) is -0.991. The summed E-state index contributed by atoms with van der Waals surface area (Å²) in [7, 11) is -23.0. The molecule has 4 unspecified atom stereocenters. The zero-order chi connectivity index (χ0) is 41.0. The number of halogens is 5. The number of hydrogen-bond donors (Lipinski definition) is 0. The van der Waals surface area contributed by atoms with Gasteiger partial charge in [-0.3, -0.25) is 0 Å². The highest BCUT2D eigenvalue weighted by molar-refractivity contribution is 6.91. The average Bonchev–Trinajstić information content (AvgIpc) is 3.11. The normalized spacial score (nSPS) is 27.0. The van der Waals surface area contributed by atoms with Crippen molar-refractivity contribution in [1.29, 1.82) is 0 Å². The predicted molar refractivity (Wildman–Crippen MR) is 200 cm³/mol. The molecule has 1 heterocycles. The minimum absolute atomic E-state index is 0.167. The molecule has 0 bridgehead atoms. The second kappa shape index (κ2) is 18.5. The monoisotopic (exact) mass is 916 g/mol. The fourth-order valence-corrected chi connectivity index (χ4v) is 35.1. The van der Waals surface area contributed by atoms with Crippen molar-refractivity contribution in [2.24, 2.45) is 0 Å². The second-order valence-electron chi connectivity index (χ2n) is 13.1. The van der Waals surface area contributed by atoms with Gasteiger partial charge in [0, 0.05) is 67.9 Å². The Bertz CT molecular complexity index is 1540. The lowest BCUT2D eigenvalue weighted by molar-refractivity contribution is -0.0190. The summed E-state index contributed by atoms with van der Waals surface area (Å²) in [6.07, 6.45) is -0.576. The van der Waals surface area contributed by atoms with E-state index in [0.717, 1.165) is 5.19 Å². The van der Waals surface area contributed by atoms with Crippen LogP contribution in [0.25, 0.3) is 0 Å². The van der Waals surface area contributed by atoms with E-state index in [2.05, 4.69) is 0 Å². The van der Waals surface area contributed by atoms with Gasteiger partial charge in [0.05, 0.1) is 0 Å². The molecule has 54 heavy (non-hydrogen) atoms. The summed E-state index contributed by atoms with van der Waals surface area (Å²) < 4.78 is 158. The van der Waals surface area contributed by atoms with Crippen molar-refractivity contribution in [2.75, 3.05) is 42.7 Å². The van der Waals surface area contributed by atoms with Gasteiger partial charge in [-0.05, 0) is 43.8 Å².